The molecule has 0 unspecified atom stereocenters. The normalized spacial score (nSPS) is 14.8. The van der Waals surface area contributed by atoms with Crippen molar-refractivity contribution in [1.82, 2.24) is 9.62 Å². The highest BCUT2D eigenvalue weighted by molar-refractivity contribution is 7.89. The molecule has 1 amide bonds. The number of amides is 1. The Kier molecular flexibility index (Phi) is 7.82. The Labute approximate surface area is 183 Å². The zero-order valence-corrected chi connectivity index (χ0v) is 18.0. The molecule has 0 aliphatic carbocycles. The maximum Gasteiger partial charge on any atom is 0.244 e. The third-order valence-corrected chi connectivity index (χ3v) is 6.97. The van der Waals surface area contributed by atoms with Crippen molar-refractivity contribution in [3.8, 4) is 11.8 Å². The summed E-state index contributed by atoms with van der Waals surface area (Å²) in [6.07, 6.45) is 5.83. The molecular formula is C23H25N3O4S. The molecule has 8 heteroatoms. The van der Waals surface area contributed by atoms with E-state index in [1.165, 1.54) is 10.4 Å². The lowest BCUT2D eigenvalue weighted by Gasteiger charge is -2.26. The topological polar surface area (TPSA) is 99.5 Å². The minimum atomic E-state index is -3.57. The third kappa shape index (κ3) is 6.17. The fourth-order valence-electron chi connectivity index (χ4n) is 3.35. The van der Waals surface area contributed by atoms with Gasteiger partial charge < -0.3 is 10.1 Å². The van der Waals surface area contributed by atoms with Gasteiger partial charge in [0.15, 0.2) is 6.61 Å². The van der Waals surface area contributed by atoms with E-state index in [0.29, 0.717) is 24.4 Å². The van der Waals surface area contributed by atoms with Crippen molar-refractivity contribution in [3.63, 3.8) is 0 Å². The third-order valence-electron chi connectivity index (χ3n) is 4.97. The standard InChI is InChI=1S/C23H25N3O4S/c24-14-17-30-21-11-8-19(9-12-21)10-13-23(27)25-18-20-6-2-3-7-22(20)31(28,29)26-15-4-1-5-16-26/h2-3,6-13H,1,4-5,15-18H2,(H,25,27)/b13-10+. The molecule has 0 aromatic heterocycles. The molecule has 0 bridgehead atoms. The van der Waals surface area contributed by atoms with Crippen LogP contribution in [0.5, 0.6) is 5.75 Å². The number of rotatable bonds is 8. The van der Waals surface area contributed by atoms with E-state index >= 15 is 0 Å². The number of sulfonamides is 1. The zero-order valence-electron chi connectivity index (χ0n) is 17.2. The van der Waals surface area contributed by atoms with Crippen LogP contribution in [0.3, 0.4) is 0 Å². The molecule has 1 N–H and O–H groups in total. The van der Waals surface area contributed by atoms with Crippen molar-refractivity contribution in [2.75, 3.05) is 19.7 Å². The van der Waals surface area contributed by atoms with Crippen LogP contribution in [0.2, 0.25) is 0 Å². The minimum Gasteiger partial charge on any atom is -0.479 e. The molecule has 1 aliphatic rings. The molecule has 2 aromatic carbocycles. The number of benzene rings is 2. The van der Waals surface area contributed by atoms with Crippen LogP contribution in [-0.2, 0) is 21.4 Å². The second-order valence-electron chi connectivity index (χ2n) is 7.14. The molecule has 1 heterocycles. The van der Waals surface area contributed by atoms with Crippen molar-refractivity contribution in [1.29, 1.82) is 5.26 Å². The summed E-state index contributed by atoms with van der Waals surface area (Å²) in [6.45, 7) is 1.16. The molecule has 0 saturated carbocycles. The molecule has 3 rings (SSSR count). The van der Waals surface area contributed by atoms with Gasteiger partial charge in [-0.3, -0.25) is 4.79 Å². The fourth-order valence-corrected chi connectivity index (χ4v) is 5.09. The Morgan fingerprint density at radius 2 is 1.81 bits per heavy atom. The number of nitrogens with one attached hydrogen (secondary N) is 1. The number of ether oxygens (including phenoxy) is 1. The predicted octanol–water partition coefficient (Wildman–Crippen LogP) is 3.09. The first-order valence-electron chi connectivity index (χ1n) is 10.1. The average Bonchev–Trinajstić information content (AvgIpc) is 2.81. The number of carbonyl (C=O) groups excluding carboxylic acids is 1. The van der Waals surface area contributed by atoms with Crippen molar-refractivity contribution in [2.24, 2.45) is 0 Å². The van der Waals surface area contributed by atoms with Gasteiger partial charge in [-0.15, -0.1) is 0 Å². The summed E-state index contributed by atoms with van der Waals surface area (Å²) in [7, 11) is -3.57. The molecule has 0 atom stereocenters. The second kappa shape index (κ2) is 10.8. The highest BCUT2D eigenvalue weighted by Gasteiger charge is 2.27. The molecule has 1 fully saturated rings. The van der Waals surface area contributed by atoms with Gasteiger partial charge >= 0.3 is 0 Å². The van der Waals surface area contributed by atoms with Crippen LogP contribution in [0, 0.1) is 11.3 Å². The second-order valence-corrected chi connectivity index (χ2v) is 9.05. The highest BCUT2D eigenvalue weighted by atomic mass is 32.2. The number of nitriles is 1. The Bertz CT molecular complexity index is 1070. The van der Waals surface area contributed by atoms with Gasteiger partial charge in [0.2, 0.25) is 15.9 Å². The molecule has 162 valence electrons. The lowest BCUT2D eigenvalue weighted by molar-refractivity contribution is -0.116. The van der Waals surface area contributed by atoms with Crippen molar-refractivity contribution >= 4 is 22.0 Å². The monoisotopic (exact) mass is 439 g/mol. The molecule has 1 aliphatic heterocycles. The van der Waals surface area contributed by atoms with Crippen LogP contribution >= 0.6 is 0 Å². The van der Waals surface area contributed by atoms with Gasteiger partial charge in [0, 0.05) is 25.7 Å². The van der Waals surface area contributed by atoms with Crippen LogP contribution < -0.4 is 10.1 Å². The van der Waals surface area contributed by atoms with Gasteiger partial charge in [-0.2, -0.15) is 9.57 Å². The first kappa shape index (κ1) is 22.5. The Morgan fingerprint density at radius 3 is 2.52 bits per heavy atom. The van der Waals surface area contributed by atoms with E-state index in [2.05, 4.69) is 5.32 Å². The number of hydrogen-bond donors (Lipinski definition) is 1. The summed E-state index contributed by atoms with van der Waals surface area (Å²) >= 11 is 0. The summed E-state index contributed by atoms with van der Waals surface area (Å²) in [5.74, 6) is 0.254. The molecule has 0 spiro atoms. The van der Waals surface area contributed by atoms with Crippen LogP contribution in [0.25, 0.3) is 6.08 Å². The number of nitrogens with zero attached hydrogens (tertiary/aromatic N) is 2. The maximum absolute atomic E-state index is 13.0. The highest BCUT2D eigenvalue weighted by Crippen LogP contribution is 2.23. The van der Waals surface area contributed by atoms with E-state index in [1.54, 1.807) is 54.6 Å². The number of piperidine rings is 1. The first-order chi connectivity index (χ1) is 15.0. The summed E-state index contributed by atoms with van der Waals surface area (Å²) in [4.78, 5) is 12.5. The van der Waals surface area contributed by atoms with E-state index < -0.39 is 10.0 Å². The predicted molar refractivity (Wildman–Crippen MR) is 117 cm³/mol. The van der Waals surface area contributed by atoms with Gasteiger partial charge in [0.1, 0.15) is 11.8 Å². The SMILES string of the molecule is N#CCOc1ccc(/C=C/C(=O)NCc2ccccc2S(=O)(=O)N2CCCCC2)cc1. The van der Waals surface area contributed by atoms with E-state index in [1.807, 2.05) is 6.07 Å². The van der Waals surface area contributed by atoms with Gasteiger partial charge in [-0.05, 0) is 48.2 Å². The summed E-state index contributed by atoms with van der Waals surface area (Å²) in [5.41, 5.74) is 1.36. The number of hydrogen-bond acceptors (Lipinski definition) is 5. The van der Waals surface area contributed by atoms with E-state index in [9.17, 15) is 13.2 Å². The average molecular weight is 440 g/mol. The van der Waals surface area contributed by atoms with E-state index in [0.717, 1.165) is 24.8 Å². The van der Waals surface area contributed by atoms with E-state index in [-0.39, 0.29) is 24.0 Å². The Balaban J connectivity index is 1.62. The van der Waals surface area contributed by atoms with Crippen LogP contribution in [0.15, 0.2) is 59.5 Å². The zero-order chi connectivity index (χ0) is 22.1. The fraction of sp³-hybridized carbons (Fsp3) is 0.304. The van der Waals surface area contributed by atoms with Gasteiger partial charge in [-0.25, -0.2) is 8.42 Å². The Hall–Kier alpha value is -3.15. The molecule has 7 nitrogen and oxygen atoms in total. The summed E-state index contributed by atoms with van der Waals surface area (Å²) in [6, 6.07) is 15.7. The van der Waals surface area contributed by atoms with Gasteiger partial charge in [0.05, 0.1) is 4.90 Å². The largest absolute Gasteiger partial charge is 0.479 e. The quantitative estimate of drug-likeness (QED) is 0.637. The van der Waals surface area contributed by atoms with E-state index in [4.69, 9.17) is 10.00 Å². The smallest absolute Gasteiger partial charge is 0.244 e. The van der Waals surface area contributed by atoms with Crippen LogP contribution in [0.1, 0.15) is 30.4 Å². The van der Waals surface area contributed by atoms with Crippen molar-refractivity contribution in [2.45, 2.75) is 30.7 Å². The summed E-state index contributed by atoms with van der Waals surface area (Å²) in [5, 5.41) is 11.3. The first-order valence-corrected chi connectivity index (χ1v) is 11.6. The molecule has 2 aromatic rings. The minimum absolute atomic E-state index is 0.0213. The summed E-state index contributed by atoms with van der Waals surface area (Å²) < 4.78 is 32.8. The molecule has 0 radical (unpaired) electrons. The van der Waals surface area contributed by atoms with Crippen LogP contribution in [0.4, 0.5) is 0 Å². The lowest BCUT2D eigenvalue weighted by Crippen LogP contribution is -2.36. The molecule has 1 saturated heterocycles. The molecule has 31 heavy (non-hydrogen) atoms. The van der Waals surface area contributed by atoms with Gasteiger partial charge in [-0.1, -0.05) is 36.8 Å². The molecular weight excluding hydrogens is 414 g/mol. The van der Waals surface area contributed by atoms with Gasteiger partial charge in [0.25, 0.3) is 0 Å². The lowest BCUT2D eigenvalue weighted by atomic mass is 10.2. The maximum atomic E-state index is 13.0. The van der Waals surface area contributed by atoms with Crippen LogP contribution in [-0.4, -0.2) is 38.3 Å². The Morgan fingerprint density at radius 1 is 1.10 bits per heavy atom. The van der Waals surface area contributed by atoms with Crippen molar-refractivity contribution < 1.29 is 17.9 Å². The van der Waals surface area contributed by atoms with Crippen molar-refractivity contribution in [3.05, 3.63) is 65.7 Å². The number of carbonyl (C=O) groups is 1.